The summed E-state index contributed by atoms with van der Waals surface area (Å²) >= 11 is 0. The van der Waals surface area contributed by atoms with E-state index in [4.69, 9.17) is 15.2 Å². The minimum Gasteiger partial charge on any atom is -0.485 e. The number of carbonyl (C=O) groups excluding carboxylic acids is 1. The van der Waals surface area contributed by atoms with Gasteiger partial charge in [-0.15, -0.1) is 0 Å². The number of aromatic nitrogens is 1. The van der Waals surface area contributed by atoms with Crippen LogP contribution < -0.4 is 10.5 Å². The summed E-state index contributed by atoms with van der Waals surface area (Å²) in [6.45, 7) is 5.31. The van der Waals surface area contributed by atoms with Gasteiger partial charge in [-0.05, 0) is 90.6 Å². The number of piperidine rings is 1. The Kier molecular flexibility index (Phi) is 7.22. The van der Waals surface area contributed by atoms with Crippen molar-refractivity contribution >= 4 is 28.7 Å². The fourth-order valence-corrected chi connectivity index (χ4v) is 6.66. The molecule has 3 aromatic carbocycles. The first kappa shape index (κ1) is 27.6. The maximum atomic E-state index is 12.4. The monoisotopic (exact) mass is 565 g/mol. The number of pyridine rings is 1. The Balaban J connectivity index is 1.39. The molecule has 1 atom stereocenters. The van der Waals surface area contributed by atoms with E-state index in [1.165, 1.54) is 5.56 Å². The van der Waals surface area contributed by atoms with Crippen molar-refractivity contribution in [3.63, 3.8) is 0 Å². The molecule has 1 amide bonds. The van der Waals surface area contributed by atoms with Crippen LogP contribution in [0.4, 0.5) is 10.6 Å². The Hall–Kier alpha value is -4.59. The van der Waals surface area contributed by atoms with Crippen molar-refractivity contribution < 1.29 is 24.2 Å². The van der Waals surface area contributed by atoms with E-state index >= 15 is 0 Å². The number of carboxylic acids is 1. The van der Waals surface area contributed by atoms with Crippen molar-refractivity contribution in [1.29, 1.82) is 0 Å². The van der Waals surface area contributed by atoms with Gasteiger partial charge >= 0.3 is 12.1 Å². The van der Waals surface area contributed by atoms with E-state index in [0.717, 1.165) is 52.3 Å². The molecule has 0 radical (unpaired) electrons. The lowest BCUT2D eigenvalue weighted by molar-refractivity contribution is -0.136. The van der Waals surface area contributed by atoms with Gasteiger partial charge < -0.3 is 25.2 Å². The summed E-state index contributed by atoms with van der Waals surface area (Å²) in [6.07, 6.45) is 3.42. The molecular weight excluding hydrogens is 530 g/mol. The van der Waals surface area contributed by atoms with Crippen molar-refractivity contribution in [2.45, 2.75) is 51.0 Å². The minimum absolute atomic E-state index is 0.103. The quantitative estimate of drug-likeness (QED) is 0.277. The molecule has 6 rings (SSSR count). The van der Waals surface area contributed by atoms with E-state index in [9.17, 15) is 14.7 Å². The van der Waals surface area contributed by atoms with Crippen LogP contribution in [-0.4, -0.2) is 46.7 Å². The molecule has 4 aromatic rings. The van der Waals surface area contributed by atoms with Crippen molar-refractivity contribution in [1.82, 2.24) is 9.88 Å². The number of nitrogens with two attached hydrogens (primary N) is 1. The van der Waals surface area contributed by atoms with E-state index in [-0.39, 0.29) is 24.0 Å². The van der Waals surface area contributed by atoms with Crippen LogP contribution >= 0.6 is 0 Å². The average molecular weight is 566 g/mol. The SMILES string of the molecule is CCOC(=O)N1CCC2(CC1)CC(Oc1cccc(C)c1CC(=O)O)c1cc(-c3ccc4ccnc(N)c4c3)ccc12. The number of amides is 1. The van der Waals surface area contributed by atoms with Gasteiger partial charge in [-0.1, -0.05) is 36.4 Å². The number of likely N-dealkylation sites (tertiary alicyclic amines) is 1. The molecule has 1 unspecified atom stereocenters. The molecule has 1 spiro atoms. The predicted molar refractivity (Wildman–Crippen MR) is 162 cm³/mol. The number of fused-ring (bicyclic) bond motifs is 3. The zero-order valence-electron chi connectivity index (χ0n) is 23.9. The average Bonchev–Trinajstić information content (AvgIpc) is 3.27. The second kappa shape index (κ2) is 11.0. The number of aryl methyl sites for hydroxylation is 1. The maximum Gasteiger partial charge on any atom is 0.409 e. The summed E-state index contributed by atoms with van der Waals surface area (Å²) in [5, 5.41) is 11.5. The lowest BCUT2D eigenvalue weighted by atomic mass is 9.73. The molecule has 1 aliphatic heterocycles. The molecule has 216 valence electrons. The smallest absolute Gasteiger partial charge is 0.409 e. The summed E-state index contributed by atoms with van der Waals surface area (Å²) in [5.41, 5.74) is 12.0. The number of benzene rings is 3. The summed E-state index contributed by atoms with van der Waals surface area (Å²) in [6, 6.07) is 20.4. The number of carboxylic acid groups (broad SMARTS) is 1. The van der Waals surface area contributed by atoms with Gasteiger partial charge in [0.15, 0.2) is 0 Å². The lowest BCUT2D eigenvalue weighted by Gasteiger charge is -2.39. The van der Waals surface area contributed by atoms with Gasteiger partial charge in [-0.2, -0.15) is 0 Å². The normalized spacial score (nSPS) is 17.3. The van der Waals surface area contributed by atoms with Gasteiger partial charge in [0.1, 0.15) is 17.7 Å². The second-order valence-corrected chi connectivity index (χ2v) is 11.3. The Bertz CT molecular complexity index is 1680. The summed E-state index contributed by atoms with van der Waals surface area (Å²) in [7, 11) is 0. The van der Waals surface area contributed by atoms with Gasteiger partial charge in [0.05, 0.1) is 13.0 Å². The van der Waals surface area contributed by atoms with Crippen LogP contribution in [0.5, 0.6) is 5.75 Å². The van der Waals surface area contributed by atoms with Gasteiger partial charge in [0.25, 0.3) is 0 Å². The number of anilines is 1. The third kappa shape index (κ3) is 5.02. The molecule has 2 aliphatic rings. The molecule has 0 saturated carbocycles. The predicted octanol–water partition coefficient (Wildman–Crippen LogP) is 6.43. The number of nitrogens with zero attached hydrogens (tertiary/aromatic N) is 2. The van der Waals surface area contributed by atoms with Crippen LogP contribution in [0.1, 0.15) is 54.5 Å². The fraction of sp³-hybridized carbons (Fsp3) is 0.324. The first-order valence-corrected chi connectivity index (χ1v) is 14.5. The summed E-state index contributed by atoms with van der Waals surface area (Å²) in [5.74, 6) is 0.204. The first-order valence-electron chi connectivity index (χ1n) is 14.5. The highest BCUT2D eigenvalue weighted by molar-refractivity contribution is 5.94. The molecule has 1 aliphatic carbocycles. The van der Waals surface area contributed by atoms with E-state index in [0.29, 0.717) is 36.8 Å². The lowest BCUT2D eigenvalue weighted by Crippen LogP contribution is -2.44. The van der Waals surface area contributed by atoms with Crippen molar-refractivity contribution in [3.8, 4) is 16.9 Å². The third-order valence-corrected chi connectivity index (χ3v) is 8.89. The van der Waals surface area contributed by atoms with E-state index in [2.05, 4.69) is 41.4 Å². The van der Waals surface area contributed by atoms with Crippen molar-refractivity contribution in [3.05, 3.63) is 89.1 Å². The summed E-state index contributed by atoms with van der Waals surface area (Å²) < 4.78 is 12.0. The fourth-order valence-electron chi connectivity index (χ4n) is 6.66. The number of rotatable bonds is 6. The number of ether oxygens (including phenoxy) is 2. The third-order valence-electron chi connectivity index (χ3n) is 8.89. The molecule has 8 heteroatoms. The first-order chi connectivity index (χ1) is 20.3. The molecular formula is C34H35N3O5. The minimum atomic E-state index is -0.892. The molecule has 1 aromatic heterocycles. The Morgan fingerprint density at radius 3 is 2.60 bits per heavy atom. The highest BCUT2D eigenvalue weighted by atomic mass is 16.6. The maximum absolute atomic E-state index is 12.4. The highest BCUT2D eigenvalue weighted by Crippen LogP contribution is 2.53. The number of nitrogen functional groups attached to an aromatic ring is 1. The molecule has 8 nitrogen and oxygen atoms in total. The van der Waals surface area contributed by atoms with Crippen LogP contribution in [-0.2, 0) is 21.4 Å². The van der Waals surface area contributed by atoms with Gasteiger partial charge in [-0.3, -0.25) is 4.79 Å². The van der Waals surface area contributed by atoms with E-state index in [1.54, 1.807) is 11.1 Å². The van der Waals surface area contributed by atoms with Crippen LogP contribution in [0.25, 0.3) is 21.9 Å². The molecule has 1 saturated heterocycles. The molecule has 2 heterocycles. The topological polar surface area (TPSA) is 115 Å². The Morgan fingerprint density at radius 1 is 1.07 bits per heavy atom. The summed E-state index contributed by atoms with van der Waals surface area (Å²) in [4.78, 5) is 30.2. The highest BCUT2D eigenvalue weighted by Gasteiger charge is 2.47. The molecule has 1 fully saturated rings. The Labute approximate surface area is 245 Å². The van der Waals surface area contributed by atoms with E-state index in [1.807, 2.05) is 38.1 Å². The van der Waals surface area contributed by atoms with Gasteiger partial charge in [-0.25, -0.2) is 9.78 Å². The van der Waals surface area contributed by atoms with Crippen molar-refractivity contribution in [2.24, 2.45) is 0 Å². The van der Waals surface area contributed by atoms with E-state index < -0.39 is 5.97 Å². The standard InChI is InChI=1S/C34H35N3O5/c1-3-41-33(40)37-15-12-34(13-16-37)20-30(42-29-6-4-5-21(2)25(29)19-31(38)39)27-18-24(9-10-28(27)34)23-8-7-22-11-14-36-32(35)26(22)17-23/h4-11,14,17-18,30H,3,12-13,15-16,19-20H2,1-2H3,(H2,35,36)(H,38,39). The van der Waals surface area contributed by atoms with Crippen LogP contribution in [0, 0.1) is 6.92 Å². The van der Waals surface area contributed by atoms with Gasteiger partial charge in [0.2, 0.25) is 0 Å². The van der Waals surface area contributed by atoms with Gasteiger partial charge in [0, 0.05) is 35.7 Å². The molecule has 0 bridgehead atoms. The molecule has 3 N–H and O–H groups in total. The molecule has 42 heavy (non-hydrogen) atoms. The zero-order valence-corrected chi connectivity index (χ0v) is 23.9. The largest absolute Gasteiger partial charge is 0.485 e. The zero-order chi connectivity index (χ0) is 29.4. The number of hydrogen-bond acceptors (Lipinski definition) is 6. The number of hydrogen-bond donors (Lipinski definition) is 2. The second-order valence-electron chi connectivity index (χ2n) is 11.3. The van der Waals surface area contributed by atoms with Crippen LogP contribution in [0.3, 0.4) is 0 Å². The number of carbonyl (C=O) groups is 2. The van der Waals surface area contributed by atoms with Crippen molar-refractivity contribution in [2.75, 3.05) is 25.4 Å². The number of aliphatic carboxylic acids is 1. The van der Waals surface area contributed by atoms with Crippen LogP contribution in [0.15, 0.2) is 66.9 Å². The van der Waals surface area contributed by atoms with Crippen LogP contribution in [0.2, 0.25) is 0 Å². The Morgan fingerprint density at radius 2 is 1.83 bits per heavy atom.